The van der Waals surface area contributed by atoms with Gasteiger partial charge in [0.05, 0.1) is 23.6 Å². The first-order valence-electron chi connectivity index (χ1n) is 9.29. The lowest BCUT2D eigenvalue weighted by molar-refractivity contribution is -0.143. The van der Waals surface area contributed by atoms with Gasteiger partial charge in [-0.05, 0) is 60.8 Å². The molecule has 0 saturated heterocycles. The van der Waals surface area contributed by atoms with Crippen molar-refractivity contribution in [2.24, 2.45) is 0 Å². The Bertz CT molecular complexity index is 845. The summed E-state index contributed by atoms with van der Waals surface area (Å²) in [7, 11) is 0. The number of aliphatic carboxylic acids is 2. The summed E-state index contributed by atoms with van der Waals surface area (Å²) in [5.41, 5.74) is 4.95. The van der Waals surface area contributed by atoms with Crippen molar-refractivity contribution in [1.29, 1.82) is 0 Å². The second-order valence-electron chi connectivity index (χ2n) is 6.58. The molecular weight excluding hydrogens is 415 g/mol. The number of rotatable bonds is 6. The van der Waals surface area contributed by atoms with E-state index in [1.54, 1.807) is 0 Å². The summed E-state index contributed by atoms with van der Waals surface area (Å²) >= 11 is 12.4. The molecule has 0 radical (unpaired) electrons. The van der Waals surface area contributed by atoms with Gasteiger partial charge in [-0.1, -0.05) is 41.4 Å². The maximum absolute atomic E-state index is 9.64. The lowest BCUT2D eigenvalue weighted by atomic mass is 10.0. The molecule has 2 aromatic rings. The molecule has 0 saturated carbocycles. The molecule has 29 heavy (non-hydrogen) atoms. The van der Waals surface area contributed by atoms with Crippen LogP contribution in [0.1, 0.15) is 29.5 Å². The number of hydrogen-bond donors (Lipinski definition) is 4. The number of fused-ring (bicyclic) bond motifs is 1. The average molecular weight is 439 g/mol. The zero-order chi connectivity index (χ0) is 21.2. The fourth-order valence-corrected chi connectivity index (χ4v) is 3.44. The van der Waals surface area contributed by atoms with E-state index in [4.69, 9.17) is 33.4 Å². The minimum Gasteiger partial charge on any atom is -0.481 e. The van der Waals surface area contributed by atoms with Crippen molar-refractivity contribution >= 4 is 40.8 Å². The van der Waals surface area contributed by atoms with Crippen LogP contribution in [0.5, 0.6) is 0 Å². The number of benzene rings is 2. The lowest BCUT2D eigenvalue weighted by Crippen LogP contribution is -2.16. The Balaban J connectivity index is 0.000000321. The third-order valence-electron chi connectivity index (χ3n) is 4.39. The Morgan fingerprint density at radius 2 is 1.69 bits per heavy atom. The summed E-state index contributed by atoms with van der Waals surface area (Å²) < 4.78 is 0. The van der Waals surface area contributed by atoms with Crippen molar-refractivity contribution in [3.8, 4) is 0 Å². The topological polar surface area (TPSA) is 98.7 Å². The standard InChI is InChI=1S/C17H18Cl2N2.C4H6O4/c18-14-3-1-2-12(10-14)11-21-17-15-7-9-20-8-6-13(15)4-5-16(17)19;5-3(6)1-2-4(7)8/h1-5,10,20-21H,6-9,11H2;1-2H2,(H,5,6)(H,7,8). The monoisotopic (exact) mass is 438 g/mol. The van der Waals surface area contributed by atoms with Gasteiger partial charge in [0.25, 0.3) is 0 Å². The SMILES string of the molecule is Clc1cccc(CNc2c(Cl)ccc3c2CCNCC3)c1.O=C(O)CCC(=O)O. The van der Waals surface area contributed by atoms with E-state index in [0.717, 1.165) is 53.8 Å². The second kappa shape index (κ2) is 11.7. The van der Waals surface area contributed by atoms with Crippen LogP contribution >= 0.6 is 23.2 Å². The molecule has 4 N–H and O–H groups in total. The van der Waals surface area contributed by atoms with Gasteiger partial charge in [-0.25, -0.2) is 0 Å². The summed E-state index contributed by atoms with van der Waals surface area (Å²) in [6.07, 6.45) is 1.47. The molecule has 0 spiro atoms. The van der Waals surface area contributed by atoms with Crippen LogP contribution in [0, 0.1) is 0 Å². The van der Waals surface area contributed by atoms with Gasteiger partial charge in [0.2, 0.25) is 0 Å². The summed E-state index contributed by atoms with van der Waals surface area (Å²) in [4.78, 5) is 19.3. The zero-order valence-corrected chi connectivity index (χ0v) is 17.4. The molecule has 0 atom stereocenters. The Labute approximate surface area is 179 Å². The molecule has 0 aliphatic carbocycles. The number of carboxylic acid groups (broad SMARTS) is 2. The summed E-state index contributed by atoms with van der Waals surface area (Å²) in [6.45, 7) is 2.76. The van der Waals surface area contributed by atoms with Gasteiger partial charge in [-0.3, -0.25) is 9.59 Å². The molecule has 3 rings (SSSR count). The summed E-state index contributed by atoms with van der Waals surface area (Å²) in [5, 5.41) is 24.3. The highest BCUT2D eigenvalue weighted by molar-refractivity contribution is 6.33. The van der Waals surface area contributed by atoms with Crippen LogP contribution in [0.25, 0.3) is 0 Å². The van der Waals surface area contributed by atoms with Crippen molar-refractivity contribution in [3.63, 3.8) is 0 Å². The first-order valence-corrected chi connectivity index (χ1v) is 10.0. The molecular formula is C21H24Cl2N2O4. The van der Waals surface area contributed by atoms with E-state index in [2.05, 4.69) is 22.8 Å². The highest BCUT2D eigenvalue weighted by atomic mass is 35.5. The number of nitrogens with one attached hydrogen (secondary N) is 2. The molecule has 0 unspecified atom stereocenters. The molecule has 0 amide bonds. The zero-order valence-electron chi connectivity index (χ0n) is 15.9. The lowest BCUT2D eigenvalue weighted by Gasteiger charge is -2.16. The van der Waals surface area contributed by atoms with E-state index in [-0.39, 0.29) is 12.8 Å². The Hall–Kier alpha value is -2.28. The van der Waals surface area contributed by atoms with Gasteiger partial charge in [-0.15, -0.1) is 0 Å². The van der Waals surface area contributed by atoms with Crippen LogP contribution < -0.4 is 10.6 Å². The smallest absolute Gasteiger partial charge is 0.303 e. The first kappa shape index (κ1) is 23.0. The van der Waals surface area contributed by atoms with Gasteiger partial charge < -0.3 is 20.8 Å². The predicted octanol–water partition coefficient (Wildman–Crippen LogP) is 4.23. The molecule has 0 bridgehead atoms. The largest absolute Gasteiger partial charge is 0.481 e. The minimum absolute atomic E-state index is 0.296. The third kappa shape index (κ3) is 7.93. The van der Waals surface area contributed by atoms with Crippen LogP contribution in [-0.4, -0.2) is 35.2 Å². The molecule has 6 nitrogen and oxygen atoms in total. The van der Waals surface area contributed by atoms with Gasteiger partial charge in [0, 0.05) is 11.6 Å². The molecule has 156 valence electrons. The van der Waals surface area contributed by atoms with E-state index in [0.29, 0.717) is 0 Å². The quantitative estimate of drug-likeness (QED) is 0.538. The summed E-state index contributed by atoms with van der Waals surface area (Å²) in [5.74, 6) is -2.15. The predicted molar refractivity (Wildman–Crippen MR) is 115 cm³/mol. The fraction of sp³-hybridized carbons (Fsp3) is 0.333. The van der Waals surface area contributed by atoms with Crippen LogP contribution in [-0.2, 0) is 29.0 Å². The molecule has 1 aliphatic heterocycles. The first-order chi connectivity index (χ1) is 13.9. The average Bonchev–Trinajstić information content (AvgIpc) is 2.92. The molecule has 0 fully saturated rings. The highest BCUT2D eigenvalue weighted by Crippen LogP contribution is 2.31. The van der Waals surface area contributed by atoms with E-state index >= 15 is 0 Å². The van der Waals surface area contributed by atoms with Gasteiger partial charge in [0.1, 0.15) is 0 Å². The number of halogens is 2. The minimum atomic E-state index is -1.08. The van der Waals surface area contributed by atoms with E-state index in [1.165, 1.54) is 11.1 Å². The molecule has 1 aliphatic rings. The highest BCUT2D eigenvalue weighted by Gasteiger charge is 2.14. The maximum Gasteiger partial charge on any atom is 0.303 e. The van der Waals surface area contributed by atoms with Crippen molar-refractivity contribution < 1.29 is 19.8 Å². The molecule has 1 heterocycles. The van der Waals surface area contributed by atoms with E-state index < -0.39 is 11.9 Å². The Morgan fingerprint density at radius 1 is 1.00 bits per heavy atom. The van der Waals surface area contributed by atoms with Crippen molar-refractivity contribution in [3.05, 3.63) is 63.1 Å². The van der Waals surface area contributed by atoms with Crippen LogP contribution in [0.15, 0.2) is 36.4 Å². The Morgan fingerprint density at radius 3 is 2.34 bits per heavy atom. The second-order valence-corrected chi connectivity index (χ2v) is 7.42. The van der Waals surface area contributed by atoms with E-state index in [1.807, 2.05) is 24.3 Å². The van der Waals surface area contributed by atoms with Gasteiger partial charge in [-0.2, -0.15) is 0 Å². The van der Waals surface area contributed by atoms with Crippen molar-refractivity contribution in [2.45, 2.75) is 32.2 Å². The van der Waals surface area contributed by atoms with Crippen molar-refractivity contribution in [1.82, 2.24) is 5.32 Å². The van der Waals surface area contributed by atoms with Crippen LogP contribution in [0.2, 0.25) is 10.0 Å². The van der Waals surface area contributed by atoms with E-state index in [9.17, 15) is 9.59 Å². The molecule has 0 aromatic heterocycles. The van der Waals surface area contributed by atoms with Crippen LogP contribution in [0.3, 0.4) is 0 Å². The van der Waals surface area contributed by atoms with Gasteiger partial charge in [0.15, 0.2) is 0 Å². The van der Waals surface area contributed by atoms with Crippen LogP contribution in [0.4, 0.5) is 5.69 Å². The number of carbonyl (C=O) groups is 2. The number of carboxylic acids is 2. The van der Waals surface area contributed by atoms with Gasteiger partial charge >= 0.3 is 11.9 Å². The molecule has 2 aromatic carbocycles. The molecule has 8 heteroatoms. The Kier molecular flexibility index (Phi) is 9.25. The normalized spacial score (nSPS) is 12.8. The maximum atomic E-state index is 9.64. The third-order valence-corrected chi connectivity index (χ3v) is 4.94. The van der Waals surface area contributed by atoms with Crippen molar-refractivity contribution in [2.75, 3.05) is 18.4 Å². The summed E-state index contributed by atoms with van der Waals surface area (Å²) in [6, 6.07) is 12.0. The fourth-order valence-electron chi connectivity index (χ4n) is 2.99. The number of anilines is 1. The number of hydrogen-bond acceptors (Lipinski definition) is 4.